The Labute approximate surface area is 132 Å². The van der Waals surface area contributed by atoms with Crippen LogP contribution < -0.4 is 0 Å². The van der Waals surface area contributed by atoms with Crippen LogP contribution in [0.4, 0.5) is 0 Å². The number of ether oxygens (including phenoxy) is 1. The molecule has 0 saturated carbocycles. The number of thiophene rings is 1. The highest BCUT2D eigenvalue weighted by Gasteiger charge is 2.40. The van der Waals surface area contributed by atoms with Crippen molar-refractivity contribution < 1.29 is 14.3 Å². The van der Waals surface area contributed by atoms with Gasteiger partial charge in [0.15, 0.2) is 0 Å². The fraction of sp³-hybridized carbons (Fsp3) is 0.571. The van der Waals surface area contributed by atoms with Gasteiger partial charge in [-0.05, 0) is 18.4 Å². The molecule has 2 aliphatic rings. The highest BCUT2D eigenvalue weighted by Crippen LogP contribution is 2.41. The minimum Gasteiger partial charge on any atom is -0.378 e. The molecular formula is C14H18N2O3S2. The number of morpholine rings is 1. The van der Waals surface area contributed by atoms with Crippen LogP contribution in [0.1, 0.15) is 17.2 Å². The van der Waals surface area contributed by atoms with Gasteiger partial charge in [0, 0.05) is 18.0 Å². The molecular weight excluding hydrogens is 308 g/mol. The fourth-order valence-corrected chi connectivity index (χ4v) is 4.90. The van der Waals surface area contributed by atoms with E-state index in [2.05, 4.69) is 0 Å². The number of amides is 2. The van der Waals surface area contributed by atoms with Crippen molar-refractivity contribution in [2.75, 3.05) is 32.1 Å². The first kappa shape index (κ1) is 14.9. The van der Waals surface area contributed by atoms with Gasteiger partial charge in [0.2, 0.25) is 11.8 Å². The van der Waals surface area contributed by atoms with Gasteiger partial charge in [-0.3, -0.25) is 9.59 Å². The monoisotopic (exact) mass is 326 g/mol. The van der Waals surface area contributed by atoms with Gasteiger partial charge in [-0.1, -0.05) is 6.07 Å². The summed E-state index contributed by atoms with van der Waals surface area (Å²) in [5, 5.41) is 1.98. The molecule has 0 bridgehead atoms. The lowest BCUT2D eigenvalue weighted by atomic mass is 10.2. The van der Waals surface area contributed by atoms with Gasteiger partial charge in [0.1, 0.15) is 11.4 Å². The predicted octanol–water partition coefficient (Wildman–Crippen LogP) is 1.57. The molecule has 114 valence electrons. The molecule has 7 heteroatoms. The van der Waals surface area contributed by atoms with Gasteiger partial charge in [-0.25, -0.2) is 0 Å². The Morgan fingerprint density at radius 2 is 2.19 bits per heavy atom. The van der Waals surface area contributed by atoms with Crippen molar-refractivity contribution in [2.45, 2.75) is 18.3 Å². The van der Waals surface area contributed by atoms with Crippen molar-refractivity contribution in [3.63, 3.8) is 0 Å². The van der Waals surface area contributed by atoms with Gasteiger partial charge >= 0.3 is 0 Å². The lowest BCUT2D eigenvalue weighted by molar-refractivity contribution is -0.146. The highest BCUT2D eigenvalue weighted by molar-refractivity contribution is 8.00. The quantitative estimate of drug-likeness (QED) is 0.846. The Morgan fingerprint density at radius 1 is 1.43 bits per heavy atom. The molecule has 0 N–H and O–H groups in total. The minimum atomic E-state index is -0.419. The molecule has 0 aliphatic carbocycles. The minimum absolute atomic E-state index is 0.0238. The van der Waals surface area contributed by atoms with E-state index in [9.17, 15) is 9.59 Å². The smallest absolute Gasteiger partial charge is 0.245 e. The summed E-state index contributed by atoms with van der Waals surface area (Å²) in [5.74, 6) is 0.520. The van der Waals surface area contributed by atoms with E-state index < -0.39 is 6.04 Å². The van der Waals surface area contributed by atoms with Crippen LogP contribution in [0.25, 0.3) is 0 Å². The summed E-state index contributed by atoms with van der Waals surface area (Å²) in [6.07, 6.45) is 0. The second kappa shape index (κ2) is 6.37. The Hall–Kier alpha value is -1.05. The molecule has 2 amide bonds. The molecule has 2 fully saturated rings. The lowest BCUT2D eigenvalue weighted by Gasteiger charge is -2.34. The van der Waals surface area contributed by atoms with Crippen LogP contribution in [-0.4, -0.2) is 59.7 Å². The number of carbonyl (C=O) groups is 2. The second-order valence-electron chi connectivity index (χ2n) is 5.09. The van der Waals surface area contributed by atoms with E-state index >= 15 is 0 Å². The molecule has 0 radical (unpaired) electrons. The number of hydrogen-bond acceptors (Lipinski definition) is 5. The predicted molar refractivity (Wildman–Crippen MR) is 83.2 cm³/mol. The number of hydrogen-bond donors (Lipinski definition) is 0. The zero-order chi connectivity index (χ0) is 14.8. The number of rotatable bonds is 3. The molecule has 5 nitrogen and oxygen atoms in total. The molecule has 3 rings (SSSR count). The summed E-state index contributed by atoms with van der Waals surface area (Å²) >= 11 is 3.23. The fourth-order valence-electron chi connectivity index (χ4n) is 2.67. The molecule has 2 atom stereocenters. The first-order valence-electron chi connectivity index (χ1n) is 7.01. The first-order chi connectivity index (χ1) is 10.2. The molecule has 21 heavy (non-hydrogen) atoms. The Bertz CT molecular complexity index is 514. The Balaban J connectivity index is 1.76. The summed E-state index contributed by atoms with van der Waals surface area (Å²) < 4.78 is 5.28. The summed E-state index contributed by atoms with van der Waals surface area (Å²) in [5.41, 5.74) is 0. The molecule has 2 aliphatic heterocycles. The van der Waals surface area contributed by atoms with Crippen molar-refractivity contribution in [1.82, 2.24) is 9.80 Å². The first-order valence-corrected chi connectivity index (χ1v) is 8.94. The van der Waals surface area contributed by atoms with E-state index in [-0.39, 0.29) is 17.2 Å². The summed E-state index contributed by atoms with van der Waals surface area (Å²) in [4.78, 5) is 29.5. The zero-order valence-electron chi connectivity index (χ0n) is 11.9. The normalized spacial score (nSPS) is 24.4. The van der Waals surface area contributed by atoms with E-state index in [0.717, 1.165) is 4.88 Å². The van der Waals surface area contributed by atoms with Gasteiger partial charge in [-0.15, -0.1) is 23.1 Å². The average molecular weight is 326 g/mol. The standard InChI is InChI=1S/C14H18N2O3S2/c1-10(13(18)15-4-6-19-7-5-15)16-12(17)9-21-14(16)11-3-2-8-20-11/h2-3,8,10,14H,4-7,9H2,1H3/t10-,14-/m1/s1. The topological polar surface area (TPSA) is 49.9 Å². The highest BCUT2D eigenvalue weighted by atomic mass is 32.2. The Kier molecular flexibility index (Phi) is 4.51. The van der Waals surface area contributed by atoms with Crippen LogP contribution in [0.3, 0.4) is 0 Å². The van der Waals surface area contributed by atoms with Crippen molar-refractivity contribution in [3.05, 3.63) is 22.4 Å². The van der Waals surface area contributed by atoms with E-state index in [1.165, 1.54) is 0 Å². The summed E-state index contributed by atoms with van der Waals surface area (Å²) in [7, 11) is 0. The summed E-state index contributed by atoms with van der Waals surface area (Å²) in [6, 6.07) is 3.59. The van der Waals surface area contributed by atoms with E-state index in [1.807, 2.05) is 24.4 Å². The number of nitrogens with zero attached hydrogens (tertiary/aromatic N) is 2. The zero-order valence-corrected chi connectivity index (χ0v) is 13.5. The van der Waals surface area contributed by atoms with Gasteiger partial charge < -0.3 is 14.5 Å². The van der Waals surface area contributed by atoms with E-state index in [4.69, 9.17) is 4.74 Å². The molecule has 3 heterocycles. The van der Waals surface area contributed by atoms with Crippen LogP contribution in [-0.2, 0) is 14.3 Å². The van der Waals surface area contributed by atoms with Crippen LogP contribution in [0.15, 0.2) is 17.5 Å². The maximum absolute atomic E-state index is 12.6. The molecule has 0 unspecified atom stereocenters. The maximum Gasteiger partial charge on any atom is 0.245 e. The van der Waals surface area contributed by atoms with Crippen molar-refractivity contribution >= 4 is 34.9 Å². The van der Waals surface area contributed by atoms with Crippen LogP contribution in [0.5, 0.6) is 0 Å². The van der Waals surface area contributed by atoms with Crippen LogP contribution in [0.2, 0.25) is 0 Å². The maximum atomic E-state index is 12.6. The van der Waals surface area contributed by atoms with Gasteiger partial charge in [-0.2, -0.15) is 0 Å². The van der Waals surface area contributed by atoms with Crippen molar-refractivity contribution in [2.24, 2.45) is 0 Å². The molecule has 2 saturated heterocycles. The van der Waals surface area contributed by atoms with Gasteiger partial charge in [0.05, 0.1) is 19.0 Å². The molecule has 1 aromatic rings. The van der Waals surface area contributed by atoms with Crippen LogP contribution >= 0.6 is 23.1 Å². The molecule has 0 aromatic carbocycles. The Morgan fingerprint density at radius 3 is 2.86 bits per heavy atom. The van der Waals surface area contributed by atoms with E-state index in [0.29, 0.717) is 32.1 Å². The SMILES string of the molecule is C[C@H](C(=O)N1CCOCC1)N1C(=O)CS[C@@H]1c1cccs1. The molecule has 0 spiro atoms. The average Bonchev–Trinajstić information content (AvgIpc) is 3.16. The third-order valence-corrected chi connectivity index (χ3v) is 6.07. The second-order valence-corrected chi connectivity index (χ2v) is 7.14. The van der Waals surface area contributed by atoms with Gasteiger partial charge in [0.25, 0.3) is 0 Å². The third-order valence-electron chi connectivity index (χ3n) is 3.79. The van der Waals surface area contributed by atoms with Crippen molar-refractivity contribution in [1.29, 1.82) is 0 Å². The van der Waals surface area contributed by atoms with E-state index in [1.54, 1.807) is 32.9 Å². The largest absolute Gasteiger partial charge is 0.378 e. The number of thioether (sulfide) groups is 1. The summed E-state index contributed by atoms with van der Waals surface area (Å²) in [6.45, 7) is 4.22. The van der Waals surface area contributed by atoms with Crippen molar-refractivity contribution in [3.8, 4) is 0 Å². The lowest BCUT2D eigenvalue weighted by Crippen LogP contribution is -2.51. The molecule has 1 aromatic heterocycles. The number of carbonyl (C=O) groups excluding carboxylic acids is 2. The van der Waals surface area contributed by atoms with Crippen LogP contribution in [0, 0.1) is 0 Å². The third kappa shape index (κ3) is 2.95.